The second-order valence-electron chi connectivity index (χ2n) is 6.00. The molecule has 1 saturated heterocycles. The van der Waals surface area contributed by atoms with Gasteiger partial charge in [-0.1, -0.05) is 24.3 Å². The van der Waals surface area contributed by atoms with Crippen LogP contribution in [0.3, 0.4) is 0 Å². The van der Waals surface area contributed by atoms with E-state index >= 15 is 0 Å². The minimum Gasteiger partial charge on any atom is -0.444 e. The summed E-state index contributed by atoms with van der Waals surface area (Å²) in [6.07, 6.45) is 1.22. The van der Waals surface area contributed by atoms with Gasteiger partial charge >= 0.3 is 6.09 Å². The van der Waals surface area contributed by atoms with Crippen LogP contribution in [0.4, 0.5) is 4.79 Å². The Morgan fingerprint density at radius 3 is 2.52 bits per heavy atom. The number of ether oxygens (including phenoxy) is 1. The number of amides is 2. The van der Waals surface area contributed by atoms with Crippen LogP contribution in [0.5, 0.6) is 0 Å². The summed E-state index contributed by atoms with van der Waals surface area (Å²) in [7, 11) is 3.28. The van der Waals surface area contributed by atoms with E-state index in [-0.39, 0.29) is 24.7 Å². The number of hydrogen-bond acceptors (Lipinski definition) is 4. The normalized spacial score (nSPS) is 17.2. The molecule has 1 unspecified atom stereocenters. The summed E-state index contributed by atoms with van der Waals surface area (Å²) in [4.78, 5) is 26.9. The topological polar surface area (TPSA) is 70.1 Å². The summed E-state index contributed by atoms with van der Waals surface area (Å²) in [5.74, 6) is 0.0830. The van der Waals surface area contributed by atoms with E-state index in [0.717, 1.165) is 11.1 Å². The van der Waals surface area contributed by atoms with E-state index in [0.29, 0.717) is 32.4 Å². The number of benzene rings is 1. The van der Waals surface area contributed by atoms with E-state index in [1.54, 1.807) is 19.0 Å². The van der Waals surface area contributed by atoms with Gasteiger partial charge in [-0.05, 0) is 17.5 Å². The van der Waals surface area contributed by atoms with Gasteiger partial charge in [-0.25, -0.2) is 4.79 Å². The molecule has 2 amide bonds. The fourth-order valence-corrected chi connectivity index (χ4v) is 2.52. The molecule has 1 aliphatic rings. The van der Waals surface area contributed by atoms with Gasteiger partial charge < -0.3 is 19.6 Å². The lowest BCUT2D eigenvalue weighted by molar-refractivity contribution is -0.130. The number of nitrogens with zero attached hydrogens (tertiary/aromatic N) is 2. The predicted octanol–water partition coefficient (Wildman–Crippen LogP) is 1.41. The monoisotopic (exact) mass is 320 g/mol. The molecule has 2 rings (SSSR count). The third-order valence-corrected chi connectivity index (χ3v) is 3.96. The second-order valence-corrected chi connectivity index (χ2v) is 6.00. The van der Waals surface area contributed by atoms with Gasteiger partial charge in [0.2, 0.25) is 5.91 Å². The van der Waals surface area contributed by atoms with Crippen molar-refractivity contribution in [1.82, 2.24) is 9.80 Å². The smallest absolute Gasteiger partial charge is 0.409 e. The van der Waals surface area contributed by atoms with Gasteiger partial charge in [0.15, 0.2) is 0 Å². The van der Waals surface area contributed by atoms with Crippen LogP contribution in [0.25, 0.3) is 0 Å². The highest BCUT2D eigenvalue weighted by Gasteiger charge is 2.28. The van der Waals surface area contributed by atoms with Crippen molar-refractivity contribution in [3.63, 3.8) is 0 Å². The van der Waals surface area contributed by atoms with Gasteiger partial charge in [0.05, 0.1) is 13.2 Å². The van der Waals surface area contributed by atoms with Crippen LogP contribution in [0.2, 0.25) is 0 Å². The van der Waals surface area contributed by atoms with Crippen LogP contribution < -0.4 is 0 Å². The van der Waals surface area contributed by atoms with Crippen molar-refractivity contribution in [2.75, 3.05) is 27.2 Å². The van der Waals surface area contributed by atoms with Crippen molar-refractivity contribution >= 4 is 12.0 Å². The number of aliphatic hydroxyl groups excluding tert-OH is 1. The van der Waals surface area contributed by atoms with Crippen LogP contribution >= 0.6 is 0 Å². The van der Waals surface area contributed by atoms with Crippen molar-refractivity contribution in [2.24, 2.45) is 0 Å². The molecule has 1 atom stereocenters. The molecule has 23 heavy (non-hydrogen) atoms. The second kappa shape index (κ2) is 7.97. The number of carbonyl (C=O) groups excluding carboxylic acids is 2. The van der Waals surface area contributed by atoms with Gasteiger partial charge in [0, 0.05) is 33.5 Å². The lowest BCUT2D eigenvalue weighted by Gasteiger charge is -2.18. The lowest BCUT2D eigenvalue weighted by Crippen LogP contribution is -2.33. The highest BCUT2D eigenvalue weighted by atomic mass is 16.6. The predicted molar refractivity (Wildman–Crippen MR) is 85.8 cm³/mol. The molecule has 0 saturated carbocycles. The molecule has 1 aromatic rings. The van der Waals surface area contributed by atoms with Crippen molar-refractivity contribution in [2.45, 2.75) is 32.0 Å². The fraction of sp³-hybridized carbons (Fsp3) is 0.529. The Balaban J connectivity index is 1.77. The number of likely N-dealkylation sites (tertiary alicyclic amines) is 1. The highest BCUT2D eigenvalue weighted by Crippen LogP contribution is 2.16. The van der Waals surface area contributed by atoms with Crippen LogP contribution in [0.1, 0.15) is 24.0 Å². The molecular formula is C17H24N2O4. The Morgan fingerprint density at radius 2 is 1.91 bits per heavy atom. The average molecular weight is 320 g/mol. The first kappa shape index (κ1) is 17.3. The van der Waals surface area contributed by atoms with Crippen molar-refractivity contribution in [3.05, 3.63) is 35.4 Å². The highest BCUT2D eigenvalue weighted by molar-refractivity contribution is 5.77. The molecule has 1 fully saturated rings. The minimum absolute atomic E-state index is 0.0278. The third kappa shape index (κ3) is 4.96. The molecule has 0 aliphatic carbocycles. The largest absolute Gasteiger partial charge is 0.444 e. The quantitative estimate of drug-likeness (QED) is 0.890. The zero-order valence-corrected chi connectivity index (χ0v) is 13.7. The molecular weight excluding hydrogens is 296 g/mol. The van der Waals surface area contributed by atoms with Crippen LogP contribution in [-0.2, 0) is 22.6 Å². The van der Waals surface area contributed by atoms with Crippen LogP contribution in [0, 0.1) is 0 Å². The summed E-state index contributed by atoms with van der Waals surface area (Å²) in [5, 5.41) is 9.01. The number of hydrogen-bond donors (Lipinski definition) is 1. The maximum absolute atomic E-state index is 12.2. The summed E-state index contributed by atoms with van der Waals surface area (Å²) < 4.78 is 5.31. The first-order valence-electron chi connectivity index (χ1n) is 7.84. The SMILES string of the molecule is CN(C)C(=O)OC1CCN(C(=O)CCc2ccc(CO)cc2)C1. The van der Waals surface area contributed by atoms with Crippen molar-refractivity contribution < 1.29 is 19.4 Å². The Labute approximate surface area is 136 Å². The van der Waals surface area contributed by atoms with E-state index in [2.05, 4.69) is 0 Å². The molecule has 0 bridgehead atoms. The van der Waals surface area contributed by atoms with Gasteiger partial charge in [0.25, 0.3) is 0 Å². The van der Waals surface area contributed by atoms with Crippen molar-refractivity contribution in [3.8, 4) is 0 Å². The molecule has 1 N–H and O–H groups in total. The molecule has 1 heterocycles. The summed E-state index contributed by atoms with van der Waals surface area (Å²) in [6, 6.07) is 7.60. The molecule has 1 aromatic carbocycles. The zero-order valence-electron chi connectivity index (χ0n) is 13.7. The van der Waals surface area contributed by atoms with Crippen molar-refractivity contribution in [1.29, 1.82) is 0 Å². The minimum atomic E-state index is -0.367. The first-order valence-corrected chi connectivity index (χ1v) is 7.84. The molecule has 6 heteroatoms. The first-order chi connectivity index (χ1) is 11.0. The van der Waals surface area contributed by atoms with E-state index in [4.69, 9.17) is 9.84 Å². The number of aliphatic hydroxyl groups is 1. The van der Waals surface area contributed by atoms with Gasteiger partial charge in [-0.2, -0.15) is 0 Å². The number of rotatable bonds is 5. The lowest BCUT2D eigenvalue weighted by atomic mass is 10.1. The zero-order chi connectivity index (χ0) is 16.8. The molecule has 1 aliphatic heterocycles. The molecule has 0 spiro atoms. The summed E-state index contributed by atoms with van der Waals surface area (Å²) >= 11 is 0. The Hall–Kier alpha value is -2.08. The maximum Gasteiger partial charge on any atom is 0.409 e. The van der Waals surface area contributed by atoms with E-state index in [1.165, 1.54) is 4.90 Å². The Bertz CT molecular complexity index is 542. The molecule has 0 radical (unpaired) electrons. The standard InChI is InChI=1S/C17H24N2O4/c1-18(2)17(22)23-15-9-10-19(11-15)16(21)8-7-13-3-5-14(12-20)6-4-13/h3-6,15,20H,7-12H2,1-2H3. The van der Waals surface area contributed by atoms with Crippen LogP contribution in [0.15, 0.2) is 24.3 Å². The van der Waals surface area contributed by atoms with Gasteiger partial charge in [-0.3, -0.25) is 4.79 Å². The fourth-order valence-electron chi connectivity index (χ4n) is 2.52. The van der Waals surface area contributed by atoms with Crippen LogP contribution in [-0.4, -0.2) is 60.2 Å². The summed E-state index contributed by atoms with van der Waals surface area (Å²) in [5.41, 5.74) is 1.94. The Kier molecular flexibility index (Phi) is 5.98. The van der Waals surface area contributed by atoms with Gasteiger partial charge in [-0.15, -0.1) is 0 Å². The molecule has 0 aromatic heterocycles. The third-order valence-electron chi connectivity index (χ3n) is 3.96. The van der Waals surface area contributed by atoms with E-state index < -0.39 is 0 Å². The van der Waals surface area contributed by atoms with E-state index in [1.807, 2.05) is 24.3 Å². The maximum atomic E-state index is 12.2. The van der Waals surface area contributed by atoms with E-state index in [9.17, 15) is 9.59 Å². The van der Waals surface area contributed by atoms with Gasteiger partial charge in [0.1, 0.15) is 6.10 Å². The Morgan fingerprint density at radius 1 is 1.26 bits per heavy atom. The molecule has 6 nitrogen and oxygen atoms in total. The number of carbonyl (C=O) groups is 2. The average Bonchev–Trinajstić information content (AvgIpc) is 3.01. The summed E-state index contributed by atoms with van der Waals surface area (Å²) in [6.45, 7) is 1.13. The molecule has 126 valence electrons. The number of aryl methyl sites for hydroxylation is 1.